The van der Waals surface area contributed by atoms with Crippen molar-refractivity contribution >= 4 is 17.7 Å². The Morgan fingerprint density at radius 2 is 2.22 bits per heavy atom. The summed E-state index contributed by atoms with van der Waals surface area (Å²) >= 11 is 1.99. The van der Waals surface area contributed by atoms with E-state index in [2.05, 4.69) is 0 Å². The number of hydrogen-bond donors (Lipinski definition) is 1. The van der Waals surface area contributed by atoms with E-state index in [1.807, 2.05) is 11.8 Å². The maximum atomic E-state index is 11.3. The van der Waals surface area contributed by atoms with Gasteiger partial charge in [0, 0.05) is 12.4 Å². The Morgan fingerprint density at radius 3 is 2.94 bits per heavy atom. The average molecular weight is 270 g/mol. The molecule has 2 saturated heterocycles. The second-order valence-electron chi connectivity index (χ2n) is 6.13. The molecule has 3 rings (SSSR count). The van der Waals surface area contributed by atoms with Gasteiger partial charge in [0.1, 0.15) is 0 Å². The standard InChI is InChI=1S/C14H22O3S/c15-13(16)12-3-1-2-11(12)10-4-6-17-14(8-10)5-7-18-9-14/h10-12H,1-9H2,(H,15,16). The van der Waals surface area contributed by atoms with Crippen LogP contribution in [-0.2, 0) is 9.53 Å². The van der Waals surface area contributed by atoms with Crippen molar-refractivity contribution in [1.29, 1.82) is 0 Å². The molecule has 0 aromatic carbocycles. The predicted octanol–water partition coefficient (Wildman–Crippen LogP) is 2.79. The smallest absolute Gasteiger partial charge is 0.306 e. The second-order valence-corrected chi connectivity index (χ2v) is 7.23. The normalized spacial score (nSPS) is 44.6. The van der Waals surface area contributed by atoms with Crippen LogP contribution in [0.4, 0.5) is 0 Å². The fourth-order valence-corrected chi connectivity index (χ4v) is 5.53. The predicted molar refractivity (Wildman–Crippen MR) is 71.8 cm³/mol. The van der Waals surface area contributed by atoms with Gasteiger partial charge in [-0.25, -0.2) is 0 Å². The van der Waals surface area contributed by atoms with Crippen molar-refractivity contribution in [3.05, 3.63) is 0 Å². The van der Waals surface area contributed by atoms with E-state index in [1.165, 1.54) is 12.2 Å². The number of hydrogen-bond acceptors (Lipinski definition) is 3. The summed E-state index contributed by atoms with van der Waals surface area (Å²) in [5, 5.41) is 9.34. The summed E-state index contributed by atoms with van der Waals surface area (Å²) < 4.78 is 6.04. The summed E-state index contributed by atoms with van der Waals surface area (Å²) in [6.07, 6.45) is 6.44. The van der Waals surface area contributed by atoms with E-state index in [1.54, 1.807) is 0 Å². The van der Waals surface area contributed by atoms with Crippen LogP contribution in [0.25, 0.3) is 0 Å². The van der Waals surface area contributed by atoms with Gasteiger partial charge < -0.3 is 9.84 Å². The van der Waals surface area contributed by atoms with Crippen LogP contribution in [0.15, 0.2) is 0 Å². The summed E-state index contributed by atoms with van der Waals surface area (Å²) in [5.41, 5.74) is 0.0965. The van der Waals surface area contributed by atoms with E-state index in [9.17, 15) is 9.90 Å². The highest BCUT2D eigenvalue weighted by Crippen LogP contribution is 2.47. The number of aliphatic carboxylic acids is 1. The molecule has 1 aliphatic carbocycles. The van der Waals surface area contributed by atoms with Crippen LogP contribution in [0.3, 0.4) is 0 Å². The Balaban J connectivity index is 1.70. The molecule has 3 aliphatic rings. The SMILES string of the molecule is O=C(O)C1CCCC1C1CCOC2(CCSC2)C1. The minimum Gasteiger partial charge on any atom is -0.481 e. The third-order valence-corrected chi connectivity index (χ3v) is 6.31. The lowest BCUT2D eigenvalue weighted by Gasteiger charge is -2.41. The number of carboxylic acid groups (broad SMARTS) is 1. The molecule has 4 atom stereocenters. The van der Waals surface area contributed by atoms with Crippen LogP contribution in [-0.4, -0.2) is 34.8 Å². The monoisotopic (exact) mass is 270 g/mol. The zero-order valence-electron chi connectivity index (χ0n) is 10.8. The molecule has 2 aliphatic heterocycles. The van der Waals surface area contributed by atoms with Crippen LogP contribution in [0.1, 0.15) is 38.5 Å². The number of thioether (sulfide) groups is 1. The van der Waals surface area contributed by atoms with Gasteiger partial charge in [0.05, 0.1) is 11.5 Å². The van der Waals surface area contributed by atoms with Crippen LogP contribution in [0.2, 0.25) is 0 Å². The Bertz CT molecular complexity index is 325. The summed E-state index contributed by atoms with van der Waals surface area (Å²) in [7, 11) is 0. The molecule has 3 nitrogen and oxygen atoms in total. The second kappa shape index (κ2) is 5.04. The quantitative estimate of drug-likeness (QED) is 0.838. The molecule has 0 aromatic heterocycles. The molecule has 0 aromatic rings. The minimum absolute atomic E-state index is 0.0841. The fraction of sp³-hybridized carbons (Fsp3) is 0.929. The maximum Gasteiger partial charge on any atom is 0.306 e. The summed E-state index contributed by atoms with van der Waals surface area (Å²) in [4.78, 5) is 11.3. The van der Waals surface area contributed by atoms with Crippen LogP contribution < -0.4 is 0 Å². The highest BCUT2D eigenvalue weighted by molar-refractivity contribution is 7.99. The lowest BCUT2D eigenvalue weighted by atomic mass is 9.74. The van der Waals surface area contributed by atoms with E-state index in [0.717, 1.165) is 44.5 Å². The first kappa shape index (κ1) is 12.8. The third-order valence-electron chi connectivity index (χ3n) is 5.09. The van der Waals surface area contributed by atoms with Gasteiger partial charge >= 0.3 is 5.97 Å². The lowest BCUT2D eigenvalue weighted by molar-refractivity contribution is -0.145. The Labute approximate surface area is 113 Å². The van der Waals surface area contributed by atoms with Gasteiger partial charge in [0.25, 0.3) is 0 Å². The van der Waals surface area contributed by atoms with Gasteiger partial charge in [-0.05, 0) is 49.7 Å². The highest BCUT2D eigenvalue weighted by atomic mass is 32.2. The number of rotatable bonds is 2. The lowest BCUT2D eigenvalue weighted by Crippen LogP contribution is -2.43. The molecule has 4 unspecified atom stereocenters. The topological polar surface area (TPSA) is 46.5 Å². The molecule has 0 amide bonds. The Morgan fingerprint density at radius 1 is 1.33 bits per heavy atom. The molecule has 4 heteroatoms. The number of carboxylic acids is 1. The molecular weight excluding hydrogens is 248 g/mol. The van der Waals surface area contributed by atoms with Gasteiger partial charge in [-0.15, -0.1) is 0 Å². The molecule has 2 heterocycles. The minimum atomic E-state index is -0.571. The molecule has 18 heavy (non-hydrogen) atoms. The summed E-state index contributed by atoms with van der Waals surface area (Å²) in [6, 6.07) is 0. The van der Waals surface area contributed by atoms with Crippen LogP contribution in [0, 0.1) is 17.8 Å². The third kappa shape index (κ3) is 2.29. The van der Waals surface area contributed by atoms with Gasteiger partial charge in [-0.1, -0.05) is 6.42 Å². The molecule has 0 bridgehead atoms. The van der Waals surface area contributed by atoms with Gasteiger partial charge in [-0.3, -0.25) is 4.79 Å². The fourth-order valence-electron chi connectivity index (χ4n) is 4.15. The number of carbonyl (C=O) groups is 1. The van der Waals surface area contributed by atoms with Crippen molar-refractivity contribution in [3.63, 3.8) is 0 Å². The molecule has 3 fully saturated rings. The average Bonchev–Trinajstić information content (AvgIpc) is 2.98. The van der Waals surface area contributed by atoms with Crippen molar-refractivity contribution in [2.45, 2.75) is 44.1 Å². The van der Waals surface area contributed by atoms with Gasteiger partial charge in [0.2, 0.25) is 0 Å². The van der Waals surface area contributed by atoms with Crippen molar-refractivity contribution < 1.29 is 14.6 Å². The largest absolute Gasteiger partial charge is 0.481 e. The zero-order valence-corrected chi connectivity index (χ0v) is 11.6. The van der Waals surface area contributed by atoms with Crippen molar-refractivity contribution in [1.82, 2.24) is 0 Å². The zero-order chi connectivity index (χ0) is 12.6. The first-order valence-electron chi connectivity index (χ1n) is 7.15. The van der Waals surface area contributed by atoms with Crippen molar-refractivity contribution in [2.24, 2.45) is 17.8 Å². The number of ether oxygens (including phenoxy) is 1. The van der Waals surface area contributed by atoms with Crippen molar-refractivity contribution in [2.75, 3.05) is 18.1 Å². The van der Waals surface area contributed by atoms with E-state index in [4.69, 9.17) is 4.74 Å². The molecular formula is C14H22O3S. The Kier molecular flexibility index (Phi) is 3.59. The highest BCUT2D eigenvalue weighted by Gasteiger charge is 2.46. The molecule has 1 N–H and O–H groups in total. The van der Waals surface area contributed by atoms with Gasteiger partial charge in [0.15, 0.2) is 0 Å². The first-order valence-corrected chi connectivity index (χ1v) is 8.30. The van der Waals surface area contributed by atoms with Crippen molar-refractivity contribution in [3.8, 4) is 0 Å². The molecule has 1 saturated carbocycles. The van der Waals surface area contributed by atoms with E-state index < -0.39 is 5.97 Å². The molecule has 102 valence electrons. The van der Waals surface area contributed by atoms with Crippen LogP contribution >= 0.6 is 11.8 Å². The van der Waals surface area contributed by atoms with E-state index in [-0.39, 0.29) is 11.5 Å². The molecule has 0 radical (unpaired) electrons. The Hall–Kier alpha value is -0.220. The van der Waals surface area contributed by atoms with Crippen LogP contribution in [0.5, 0.6) is 0 Å². The van der Waals surface area contributed by atoms with E-state index in [0.29, 0.717) is 11.8 Å². The molecule has 1 spiro atoms. The summed E-state index contributed by atoms with van der Waals surface area (Å²) in [5.74, 6) is 2.67. The van der Waals surface area contributed by atoms with E-state index >= 15 is 0 Å². The maximum absolute atomic E-state index is 11.3. The summed E-state index contributed by atoms with van der Waals surface area (Å²) in [6.45, 7) is 0.841. The van der Waals surface area contributed by atoms with Gasteiger partial charge in [-0.2, -0.15) is 11.8 Å². The first-order chi connectivity index (χ1) is 8.70.